The Labute approximate surface area is 182 Å². The number of amides is 2. The van der Waals surface area contributed by atoms with Gasteiger partial charge in [0.05, 0.1) is 23.0 Å². The van der Waals surface area contributed by atoms with E-state index >= 15 is 0 Å². The molecule has 2 aliphatic rings. The number of piperidine rings is 1. The summed E-state index contributed by atoms with van der Waals surface area (Å²) in [7, 11) is 0. The maximum atomic E-state index is 13.3. The first kappa shape index (κ1) is 21.4. The minimum atomic E-state index is -0.483. The lowest BCUT2D eigenvalue weighted by Crippen LogP contribution is -2.42. The molecule has 2 N–H and O–H groups in total. The Hall–Kier alpha value is -2.80. The van der Waals surface area contributed by atoms with Gasteiger partial charge >= 0.3 is 0 Å². The van der Waals surface area contributed by atoms with Crippen molar-refractivity contribution in [3.8, 4) is 0 Å². The smallest absolute Gasteiger partial charge is 0.250 e. The molecule has 31 heavy (non-hydrogen) atoms. The first-order valence-electron chi connectivity index (χ1n) is 11.0. The second-order valence-electron chi connectivity index (χ2n) is 8.60. The lowest BCUT2D eigenvalue weighted by Gasteiger charge is -2.35. The van der Waals surface area contributed by atoms with E-state index in [0.29, 0.717) is 11.3 Å². The number of pyridine rings is 1. The van der Waals surface area contributed by atoms with Crippen LogP contribution in [0.3, 0.4) is 0 Å². The van der Waals surface area contributed by atoms with Gasteiger partial charge in [0.1, 0.15) is 5.82 Å². The Morgan fingerprint density at radius 2 is 1.77 bits per heavy atom. The molecule has 1 aromatic heterocycles. The van der Waals surface area contributed by atoms with Crippen molar-refractivity contribution in [1.82, 2.24) is 14.8 Å². The van der Waals surface area contributed by atoms with Crippen LogP contribution in [-0.2, 0) is 11.3 Å². The minimum absolute atomic E-state index is 0.0241. The summed E-state index contributed by atoms with van der Waals surface area (Å²) in [5.74, 6) is -0.469. The molecule has 0 aliphatic carbocycles. The van der Waals surface area contributed by atoms with Crippen LogP contribution in [0.4, 0.5) is 4.39 Å². The van der Waals surface area contributed by atoms with Crippen LogP contribution in [0.2, 0.25) is 0 Å². The molecule has 6 nitrogen and oxygen atoms in total. The fourth-order valence-electron chi connectivity index (χ4n) is 4.79. The average Bonchev–Trinajstić information content (AvgIpc) is 3.25. The van der Waals surface area contributed by atoms with E-state index < -0.39 is 5.91 Å². The van der Waals surface area contributed by atoms with Crippen molar-refractivity contribution in [3.63, 3.8) is 0 Å². The predicted octanol–water partition coefficient (Wildman–Crippen LogP) is 3.20. The van der Waals surface area contributed by atoms with Gasteiger partial charge in [-0.2, -0.15) is 0 Å². The van der Waals surface area contributed by atoms with E-state index in [0.717, 1.165) is 63.1 Å². The number of nitrogens with two attached hydrogens (primary N) is 1. The monoisotopic (exact) mass is 424 g/mol. The fourth-order valence-corrected chi connectivity index (χ4v) is 4.79. The summed E-state index contributed by atoms with van der Waals surface area (Å²) in [6.45, 7) is 5.02. The molecule has 4 rings (SSSR count). The molecule has 1 unspecified atom stereocenters. The molecule has 0 spiro atoms. The van der Waals surface area contributed by atoms with Gasteiger partial charge in [0, 0.05) is 19.0 Å². The number of carbonyl (C=O) groups is 2. The van der Waals surface area contributed by atoms with Gasteiger partial charge in [0.2, 0.25) is 5.91 Å². The molecule has 2 fully saturated rings. The number of primary amides is 1. The third kappa shape index (κ3) is 4.77. The van der Waals surface area contributed by atoms with Crippen molar-refractivity contribution >= 4 is 11.8 Å². The normalized spacial score (nSPS) is 20.2. The Balaban J connectivity index is 1.37. The summed E-state index contributed by atoms with van der Waals surface area (Å²) >= 11 is 0. The molecular formula is C24H29FN4O2. The van der Waals surface area contributed by atoms with Crippen LogP contribution < -0.4 is 5.73 Å². The zero-order valence-electron chi connectivity index (χ0n) is 17.9. The van der Waals surface area contributed by atoms with Crippen LogP contribution in [0.5, 0.6) is 0 Å². The summed E-state index contributed by atoms with van der Waals surface area (Å²) in [6.07, 6.45) is 3.50. The van der Waals surface area contributed by atoms with E-state index in [-0.39, 0.29) is 23.7 Å². The number of rotatable bonds is 5. The van der Waals surface area contributed by atoms with Crippen molar-refractivity contribution in [3.05, 3.63) is 64.7 Å². The highest BCUT2D eigenvalue weighted by atomic mass is 19.1. The quantitative estimate of drug-likeness (QED) is 0.799. The van der Waals surface area contributed by atoms with E-state index in [1.165, 1.54) is 12.1 Å². The summed E-state index contributed by atoms with van der Waals surface area (Å²) in [5, 5.41) is 0. The van der Waals surface area contributed by atoms with E-state index in [1.807, 2.05) is 23.1 Å². The van der Waals surface area contributed by atoms with Gasteiger partial charge < -0.3 is 10.6 Å². The number of nitrogens with zero attached hydrogens (tertiary/aromatic N) is 3. The van der Waals surface area contributed by atoms with E-state index in [2.05, 4.69) is 9.88 Å². The Bertz CT molecular complexity index is 955. The van der Waals surface area contributed by atoms with Crippen LogP contribution in [0, 0.1) is 18.7 Å². The highest BCUT2D eigenvalue weighted by molar-refractivity contribution is 5.93. The Morgan fingerprint density at radius 3 is 2.42 bits per heavy atom. The molecule has 2 saturated heterocycles. The molecular weight excluding hydrogens is 395 g/mol. The summed E-state index contributed by atoms with van der Waals surface area (Å²) in [6, 6.07) is 10.1. The SMILES string of the molecule is Cc1nc(C2CCCN2C(=O)C2CCN(Cc3ccc(F)cc3)CC2)ccc1C(N)=O. The van der Waals surface area contributed by atoms with Crippen molar-refractivity contribution < 1.29 is 14.0 Å². The number of aryl methyl sites for hydroxylation is 1. The largest absolute Gasteiger partial charge is 0.366 e. The standard InChI is InChI=1S/C24H29FN4O2/c1-16-20(23(26)30)8-9-21(27-16)22-3-2-12-29(22)24(31)18-10-13-28(14-11-18)15-17-4-6-19(25)7-5-17/h4-9,18,22H,2-3,10-15H2,1H3,(H2,26,30). The zero-order valence-corrected chi connectivity index (χ0v) is 17.9. The summed E-state index contributed by atoms with van der Waals surface area (Å²) in [4.78, 5) is 33.7. The molecule has 1 atom stereocenters. The Kier molecular flexibility index (Phi) is 6.32. The molecule has 0 bridgehead atoms. The molecule has 2 aliphatic heterocycles. The number of aromatic nitrogens is 1. The van der Waals surface area contributed by atoms with E-state index in [4.69, 9.17) is 5.73 Å². The van der Waals surface area contributed by atoms with Crippen LogP contribution >= 0.6 is 0 Å². The van der Waals surface area contributed by atoms with Crippen molar-refractivity contribution in [2.24, 2.45) is 11.7 Å². The summed E-state index contributed by atoms with van der Waals surface area (Å²) in [5.41, 5.74) is 8.35. The van der Waals surface area contributed by atoms with Crippen molar-refractivity contribution in [2.75, 3.05) is 19.6 Å². The number of benzene rings is 1. The van der Waals surface area contributed by atoms with Crippen LogP contribution in [0.25, 0.3) is 0 Å². The van der Waals surface area contributed by atoms with Crippen LogP contribution in [0.1, 0.15) is 59.0 Å². The van der Waals surface area contributed by atoms with Crippen LogP contribution in [-0.4, -0.2) is 46.2 Å². The van der Waals surface area contributed by atoms with Crippen molar-refractivity contribution in [1.29, 1.82) is 0 Å². The van der Waals surface area contributed by atoms with Gasteiger partial charge in [-0.1, -0.05) is 12.1 Å². The highest BCUT2D eigenvalue weighted by Gasteiger charge is 2.36. The number of likely N-dealkylation sites (tertiary alicyclic amines) is 2. The zero-order chi connectivity index (χ0) is 22.0. The van der Waals surface area contributed by atoms with Gasteiger partial charge in [0.15, 0.2) is 0 Å². The minimum Gasteiger partial charge on any atom is -0.366 e. The maximum absolute atomic E-state index is 13.3. The number of halogens is 1. The Morgan fingerprint density at radius 1 is 1.06 bits per heavy atom. The lowest BCUT2D eigenvalue weighted by atomic mass is 9.94. The molecule has 0 radical (unpaired) electrons. The number of carbonyl (C=O) groups excluding carboxylic acids is 2. The maximum Gasteiger partial charge on any atom is 0.250 e. The van der Waals surface area contributed by atoms with Gasteiger partial charge in [-0.3, -0.25) is 19.5 Å². The number of hydrogen-bond acceptors (Lipinski definition) is 4. The second kappa shape index (κ2) is 9.14. The molecule has 0 saturated carbocycles. The average molecular weight is 425 g/mol. The highest BCUT2D eigenvalue weighted by Crippen LogP contribution is 2.34. The third-order valence-corrected chi connectivity index (χ3v) is 6.51. The van der Waals surface area contributed by atoms with Gasteiger partial charge in [-0.05, 0) is 75.5 Å². The fraction of sp³-hybridized carbons (Fsp3) is 0.458. The van der Waals surface area contributed by atoms with Crippen LogP contribution in [0.15, 0.2) is 36.4 Å². The van der Waals surface area contributed by atoms with Gasteiger partial charge in [0.25, 0.3) is 5.91 Å². The van der Waals surface area contributed by atoms with Gasteiger partial charge in [-0.25, -0.2) is 4.39 Å². The molecule has 3 heterocycles. The predicted molar refractivity (Wildman–Crippen MR) is 116 cm³/mol. The topological polar surface area (TPSA) is 79.5 Å². The lowest BCUT2D eigenvalue weighted by molar-refractivity contribution is -0.138. The summed E-state index contributed by atoms with van der Waals surface area (Å²) < 4.78 is 13.1. The first-order chi connectivity index (χ1) is 14.9. The molecule has 7 heteroatoms. The van der Waals surface area contributed by atoms with Crippen molar-refractivity contribution in [2.45, 2.75) is 45.2 Å². The molecule has 164 valence electrons. The second-order valence-corrected chi connectivity index (χ2v) is 8.60. The van der Waals surface area contributed by atoms with E-state index in [1.54, 1.807) is 13.0 Å². The number of hydrogen-bond donors (Lipinski definition) is 1. The molecule has 2 aromatic rings. The third-order valence-electron chi connectivity index (χ3n) is 6.51. The first-order valence-corrected chi connectivity index (χ1v) is 11.0. The molecule has 2 amide bonds. The molecule has 1 aromatic carbocycles. The van der Waals surface area contributed by atoms with Gasteiger partial charge in [-0.15, -0.1) is 0 Å². The van der Waals surface area contributed by atoms with E-state index in [9.17, 15) is 14.0 Å².